The maximum absolute atomic E-state index is 11.6. The van der Waals surface area contributed by atoms with Crippen LogP contribution in [-0.2, 0) is 10.1 Å². The maximum Gasteiger partial charge on any atom is 0.295 e. The van der Waals surface area contributed by atoms with Crippen molar-refractivity contribution < 1.29 is 13.0 Å². The van der Waals surface area contributed by atoms with E-state index in [-0.39, 0.29) is 10.3 Å². The molecule has 0 atom stereocenters. The molecule has 4 heterocycles. The molecule has 0 saturated heterocycles. The Morgan fingerprint density at radius 3 is 2.45 bits per heavy atom. The number of nitrogens with one attached hydrogen (secondary N) is 2. The van der Waals surface area contributed by atoms with Gasteiger partial charge in [0.25, 0.3) is 10.1 Å². The van der Waals surface area contributed by atoms with E-state index in [1.165, 1.54) is 6.07 Å². The molecule has 4 aromatic heterocycles. The van der Waals surface area contributed by atoms with Crippen LogP contribution in [0.3, 0.4) is 0 Å². The van der Waals surface area contributed by atoms with Gasteiger partial charge >= 0.3 is 0 Å². The van der Waals surface area contributed by atoms with Gasteiger partial charge in [0.05, 0.1) is 22.1 Å². The van der Waals surface area contributed by atoms with Crippen LogP contribution in [0.15, 0.2) is 23.1 Å². The third kappa shape index (κ3) is 1.45. The summed E-state index contributed by atoms with van der Waals surface area (Å²) in [6.07, 6.45) is 0. The minimum absolute atomic E-state index is 0.137. The van der Waals surface area contributed by atoms with Crippen molar-refractivity contribution in [1.29, 1.82) is 0 Å². The van der Waals surface area contributed by atoms with Crippen LogP contribution in [0.25, 0.3) is 44.1 Å². The third-order valence-corrected chi connectivity index (χ3v) is 4.51. The van der Waals surface area contributed by atoms with Crippen LogP contribution in [0, 0.1) is 12.1 Å². The maximum atomic E-state index is 11.6. The highest BCUT2D eigenvalue weighted by atomic mass is 32.2. The molecule has 8 heteroatoms. The van der Waals surface area contributed by atoms with E-state index >= 15 is 0 Å². The molecule has 0 aliphatic carbocycles. The molecule has 7 nitrogen and oxygen atoms in total. The van der Waals surface area contributed by atoms with Gasteiger partial charge in [-0.15, -0.1) is 0 Å². The van der Waals surface area contributed by atoms with Crippen molar-refractivity contribution in [2.75, 3.05) is 0 Å². The Hall–Kier alpha value is -2.71. The first-order valence-electron chi connectivity index (χ1n) is 6.35. The van der Waals surface area contributed by atoms with Gasteiger partial charge in [0, 0.05) is 22.9 Å². The molecule has 22 heavy (non-hydrogen) atoms. The van der Waals surface area contributed by atoms with E-state index in [0.717, 1.165) is 16.6 Å². The van der Waals surface area contributed by atoms with Crippen molar-refractivity contribution in [3.05, 3.63) is 30.3 Å². The number of hydrogen-bond acceptors (Lipinski definition) is 4. The van der Waals surface area contributed by atoms with Gasteiger partial charge in [0.2, 0.25) is 0 Å². The summed E-state index contributed by atoms with van der Waals surface area (Å²) in [6, 6.07) is 10.6. The molecule has 6 aromatic rings. The number of benzene rings is 2. The molecular formula is C14H6N4O3S. The Bertz CT molecular complexity index is 1250. The molecule has 8 bridgehead atoms. The van der Waals surface area contributed by atoms with Gasteiger partial charge in [0.1, 0.15) is 16.2 Å². The molecular weight excluding hydrogens is 304 g/mol. The highest BCUT2D eigenvalue weighted by Gasteiger charge is 2.17. The fraction of sp³-hybridized carbons (Fsp3) is 0. The van der Waals surface area contributed by atoms with Crippen LogP contribution in [-0.4, -0.2) is 32.9 Å². The number of nitrogens with zero attached hydrogens (tertiary/aromatic N) is 2. The Balaban J connectivity index is 2.18. The normalized spacial score (nSPS) is 13.1. The number of aromatic nitrogens is 4. The highest BCUT2D eigenvalue weighted by Crippen LogP contribution is 2.28. The molecule has 0 unspecified atom stereocenters. The van der Waals surface area contributed by atoms with Gasteiger partial charge in [-0.3, -0.25) is 4.55 Å². The topological polar surface area (TPSA) is 112 Å². The monoisotopic (exact) mass is 310 g/mol. The average Bonchev–Trinajstić information content (AvgIpc) is 3.04. The van der Waals surface area contributed by atoms with Gasteiger partial charge in [-0.05, 0) is 18.2 Å². The lowest BCUT2D eigenvalue weighted by Crippen LogP contribution is -1.99. The summed E-state index contributed by atoms with van der Waals surface area (Å²) in [5.41, 5.74) is 3.86. The van der Waals surface area contributed by atoms with Crippen LogP contribution in [0.4, 0.5) is 0 Å². The van der Waals surface area contributed by atoms with E-state index < -0.39 is 10.1 Å². The van der Waals surface area contributed by atoms with Crippen LogP contribution < -0.4 is 0 Å². The zero-order valence-corrected chi connectivity index (χ0v) is 11.6. The molecule has 0 aliphatic heterocycles. The fourth-order valence-electron chi connectivity index (χ4n) is 2.70. The quantitative estimate of drug-likeness (QED) is 0.410. The van der Waals surface area contributed by atoms with E-state index in [9.17, 15) is 13.0 Å². The van der Waals surface area contributed by atoms with E-state index in [4.69, 9.17) is 0 Å². The first kappa shape index (κ1) is 11.9. The smallest absolute Gasteiger partial charge is 0.295 e. The Morgan fingerprint density at radius 2 is 1.73 bits per heavy atom. The number of aromatic amines is 2. The third-order valence-electron chi connectivity index (χ3n) is 3.67. The van der Waals surface area contributed by atoms with Gasteiger partial charge in [-0.25, -0.2) is 9.97 Å². The molecule has 0 aliphatic rings. The molecule has 0 amide bonds. The minimum Gasteiger partial charge on any atom is -0.338 e. The summed E-state index contributed by atoms with van der Waals surface area (Å²) in [5, 5.41) is 0.678. The lowest BCUT2D eigenvalue weighted by molar-refractivity contribution is 0.484. The standard InChI is InChI=1S/C14H6N4O3S/c19-22(20,21)12-2-1-6-3-7(12)14-17-10-4-8-9(5-11(10)18-14)16-13(6)15-8/h1,4-5H,(H,15,16)(H,17,18)(H,19,20,21). The summed E-state index contributed by atoms with van der Waals surface area (Å²) in [5.74, 6) is 0. The van der Waals surface area contributed by atoms with Gasteiger partial charge in [0.15, 0.2) is 0 Å². The van der Waals surface area contributed by atoms with E-state index in [1.54, 1.807) is 0 Å². The van der Waals surface area contributed by atoms with Gasteiger partial charge < -0.3 is 9.97 Å². The summed E-state index contributed by atoms with van der Waals surface area (Å²) in [7, 11) is -4.44. The van der Waals surface area contributed by atoms with Crippen LogP contribution in [0.1, 0.15) is 0 Å². The zero-order chi connectivity index (χ0) is 15.1. The Morgan fingerprint density at radius 1 is 1.05 bits per heavy atom. The second kappa shape index (κ2) is 3.54. The van der Waals surface area contributed by atoms with Gasteiger partial charge in [-0.1, -0.05) is 0 Å². The summed E-state index contributed by atoms with van der Waals surface area (Å²) in [4.78, 5) is 14.7. The van der Waals surface area contributed by atoms with Crippen molar-refractivity contribution in [2.24, 2.45) is 0 Å². The summed E-state index contributed by atoms with van der Waals surface area (Å²) < 4.78 is 32.5. The largest absolute Gasteiger partial charge is 0.338 e. The molecule has 2 aromatic carbocycles. The van der Waals surface area contributed by atoms with Gasteiger partial charge in [-0.2, -0.15) is 8.42 Å². The van der Waals surface area contributed by atoms with Crippen LogP contribution in [0.5, 0.6) is 0 Å². The zero-order valence-electron chi connectivity index (χ0n) is 10.8. The summed E-state index contributed by atoms with van der Waals surface area (Å²) >= 11 is 0. The van der Waals surface area contributed by atoms with Crippen molar-refractivity contribution in [3.8, 4) is 0 Å². The predicted molar refractivity (Wildman–Crippen MR) is 79.4 cm³/mol. The number of rotatable bonds is 1. The van der Waals surface area contributed by atoms with Crippen molar-refractivity contribution >= 4 is 54.3 Å². The molecule has 0 saturated carbocycles. The second-order valence-corrected chi connectivity index (χ2v) is 6.42. The first-order valence-corrected chi connectivity index (χ1v) is 7.79. The van der Waals surface area contributed by atoms with Crippen molar-refractivity contribution in [1.82, 2.24) is 19.9 Å². The van der Waals surface area contributed by atoms with E-state index in [0.29, 0.717) is 22.2 Å². The average molecular weight is 310 g/mol. The Kier molecular flexibility index (Phi) is 1.92. The predicted octanol–water partition coefficient (Wildman–Crippen LogP) is 2.03. The highest BCUT2D eigenvalue weighted by molar-refractivity contribution is 7.86. The number of hydrogen-bond donors (Lipinski definition) is 3. The molecule has 6 rings (SSSR count). The first-order chi connectivity index (χ1) is 10.5. The second-order valence-electron chi connectivity index (χ2n) is 5.06. The lowest BCUT2D eigenvalue weighted by atomic mass is 10.2. The van der Waals surface area contributed by atoms with Crippen LogP contribution >= 0.6 is 0 Å². The van der Waals surface area contributed by atoms with Crippen molar-refractivity contribution in [3.63, 3.8) is 0 Å². The molecule has 0 fully saturated rings. The molecule has 0 spiro atoms. The number of imidazole rings is 2. The SMILES string of the molecule is O=S(=O)(O)c1[c]cc2[c]c1c1nc3cc4nc2[nH]c4cc3[nH]1. The molecule has 3 N–H and O–H groups in total. The molecule has 106 valence electrons. The van der Waals surface area contributed by atoms with E-state index in [2.05, 4.69) is 32.1 Å². The Labute approximate surface area is 123 Å². The number of H-pyrrole nitrogens is 2. The lowest BCUT2D eigenvalue weighted by Gasteiger charge is -1.99. The van der Waals surface area contributed by atoms with Crippen molar-refractivity contribution in [2.45, 2.75) is 4.90 Å². The minimum atomic E-state index is -4.44. The fourth-order valence-corrected chi connectivity index (χ4v) is 3.31. The summed E-state index contributed by atoms with van der Waals surface area (Å²) in [6.45, 7) is 0. The molecule has 2 radical (unpaired) electrons. The van der Waals surface area contributed by atoms with E-state index in [1.807, 2.05) is 12.1 Å². The van der Waals surface area contributed by atoms with Crippen LogP contribution in [0.2, 0.25) is 0 Å².